The van der Waals surface area contributed by atoms with Crippen LogP contribution in [0.1, 0.15) is 65.7 Å². The second-order valence-corrected chi connectivity index (χ2v) is 9.84. The second-order valence-electron chi connectivity index (χ2n) is 9.84. The van der Waals surface area contributed by atoms with Crippen molar-refractivity contribution in [3.05, 3.63) is 89.4 Å². The lowest BCUT2D eigenvalue weighted by molar-refractivity contribution is -0.125. The fourth-order valence-electron chi connectivity index (χ4n) is 4.07. The van der Waals surface area contributed by atoms with E-state index in [1.165, 1.54) is 16.7 Å². The third kappa shape index (κ3) is 5.94. The molecular weight excluding hydrogens is 458 g/mol. The first-order chi connectivity index (χ1) is 17.2. The molecule has 188 valence electrons. The average Bonchev–Trinajstić information content (AvgIpc) is 3.58. The van der Waals surface area contributed by atoms with Crippen LogP contribution in [0.2, 0.25) is 0 Å². The zero-order valence-corrected chi connectivity index (χ0v) is 20.7. The number of nitrogens with one attached hydrogen (secondary N) is 2. The van der Waals surface area contributed by atoms with Crippen LogP contribution in [0.3, 0.4) is 0 Å². The maximum absolute atomic E-state index is 12.6. The van der Waals surface area contributed by atoms with Crippen molar-refractivity contribution in [3.8, 4) is 5.75 Å². The Bertz CT molecular complexity index is 1200. The zero-order chi connectivity index (χ0) is 25.7. The van der Waals surface area contributed by atoms with Crippen LogP contribution in [-0.4, -0.2) is 35.2 Å². The smallest absolute Gasteiger partial charge is 0.290 e. The summed E-state index contributed by atoms with van der Waals surface area (Å²) in [5.74, 6) is -0.269. The molecule has 1 fully saturated rings. The molecule has 4 rings (SSSR count). The predicted octanol–water partition coefficient (Wildman–Crippen LogP) is 4.22. The number of hydrogen-bond donors (Lipinski definition) is 2. The number of hydrazine groups is 1. The molecule has 0 bridgehead atoms. The van der Waals surface area contributed by atoms with Crippen LogP contribution in [-0.2, 0) is 16.8 Å². The Kier molecular flexibility index (Phi) is 7.43. The minimum atomic E-state index is -0.667. The highest BCUT2D eigenvalue weighted by atomic mass is 16.5. The van der Waals surface area contributed by atoms with E-state index in [4.69, 9.17) is 9.15 Å². The Labute approximate surface area is 210 Å². The number of ether oxygens (including phenoxy) is 1. The Morgan fingerprint density at radius 2 is 1.72 bits per heavy atom. The summed E-state index contributed by atoms with van der Waals surface area (Å²) in [6, 6.07) is 17.5. The Hall–Kier alpha value is -4.07. The number of likely N-dealkylation sites (tertiary alicyclic amines) is 1. The van der Waals surface area contributed by atoms with E-state index < -0.39 is 17.9 Å². The molecule has 1 unspecified atom stereocenters. The van der Waals surface area contributed by atoms with Crippen LogP contribution in [0, 0.1) is 0 Å². The van der Waals surface area contributed by atoms with Crippen LogP contribution >= 0.6 is 0 Å². The van der Waals surface area contributed by atoms with E-state index in [2.05, 4.69) is 43.8 Å². The topological polar surface area (TPSA) is 101 Å². The largest absolute Gasteiger partial charge is 0.489 e. The quantitative estimate of drug-likeness (QED) is 0.505. The number of carbonyl (C=O) groups excluding carboxylic acids is 3. The normalized spacial score (nSPS) is 15.4. The highest BCUT2D eigenvalue weighted by Crippen LogP contribution is 2.25. The SMILES string of the molecule is CC(C)(C)c1ccc(OCc2ccc(C(=O)NNC(=O)C3CCCN3C(=O)c3ccco3)cc2)cc1. The van der Waals surface area contributed by atoms with Gasteiger partial charge in [0.25, 0.3) is 17.7 Å². The average molecular weight is 490 g/mol. The lowest BCUT2D eigenvalue weighted by Crippen LogP contribution is -2.51. The molecule has 1 aliphatic rings. The van der Waals surface area contributed by atoms with Crippen molar-refractivity contribution in [1.82, 2.24) is 15.8 Å². The summed E-state index contributed by atoms with van der Waals surface area (Å²) >= 11 is 0. The Morgan fingerprint density at radius 1 is 1.00 bits per heavy atom. The maximum atomic E-state index is 12.6. The summed E-state index contributed by atoms with van der Waals surface area (Å²) in [5.41, 5.74) is 7.50. The first kappa shape index (κ1) is 25.0. The number of rotatable bonds is 6. The molecule has 2 aromatic carbocycles. The lowest BCUT2D eigenvalue weighted by Gasteiger charge is -2.23. The molecular formula is C28H31N3O5. The van der Waals surface area contributed by atoms with Crippen molar-refractivity contribution in [2.75, 3.05) is 6.54 Å². The van der Waals surface area contributed by atoms with Crippen molar-refractivity contribution in [2.24, 2.45) is 0 Å². The van der Waals surface area contributed by atoms with Crippen LogP contribution in [0.5, 0.6) is 5.75 Å². The van der Waals surface area contributed by atoms with E-state index in [9.17, 15) is 14.4 Å². The Balaban J connectivity index is 1.26. The van der Waals surface area contributed by atoms with Gasteiger partial charge in [-0.3, -0.25) is 25.2 Å². The van der Waals surface area contributed by atoms with Crippen molar-refractivity contribution < 1.29 is 23.5 Å². The summed E-state index contributed by atoms with van der Waals surface area (Å²) in [4.78, 5) is 39.2. The summed E-state index contributed by atoms with van der Waals surface area (Å²) < 4.78 is 11.0. The highest BCUT2D eigenvalue weighted by Gasteiger charge is 2.35. The fraction of sp³-hybridized carbons (Fsp3) is 0.321. The molecule has 36 heavy (non-hydrogen) atoms. The van der Waals surface area contributed by atoms with Gasteiger partial charge in [0.05, 0.1) is 6.26 Å². The highest BCUT2D eigenvalue weighted by molar-refractivity contribution is 5.98. The number of nitrogens with zero attached hydrogens (tertiary/aromatic N) is 1. The minimum absolute atomic E-state index is 0.0856. The molecule has 0 aliphatic carbocycles. The first-order valence-corrected chi connectivity index (χ1v) is 12.0. The third-order valence-corrected chi connectivity index (χ3v) is 6.19. The molecule has 0 saturated carbocycles. The van der Waals surface area contributed by atoms with Gasteiger partial charge in [-0.2, -0.15) is 0 Å². The van der Waals surface area contributed by atoms with E-state index in [-0.39, 0.29) is 17.1 Å². The summed E-state index contributed by atoms with van der Waals surface area (Å²) in [7, 11) is 0. The van der Waals surface area contributed by atoms with Crippen molar-refractivity contribution >= 4 is 17.7 Å². The monoisotopic (exact) mass is 489 g/mol. The van der Waals surface area contributed by atoms with Crippen LogP contribution in [0.25, 0.3) is 0 Å². The summed E-state index contributed by atoms with van der Waals surface area (Å²) in [5, 5.41) is 0. The maximum Gasteiger partial charge on any atom is 0.290 e. The van der Waals surface area contributed by atoms with Crippen molar-refractivity contribution in [2.45, 2.75) is 51.7 Å². The molecule has 1 atom stereocenters. The molecule has 2 heterocycles. The molecule has 1 saturated heterocycles. The molecule has 3 aromatic rings. The van der Waals surface area contributed by atoms with Gasteiger partial charge in [0, 0.05) is 12.1 Å². The number of hydrogen-bond acceptors (Lipinski definition) is 5. The van der Waals surface area contributed by atoms with Crippen molar-refractivity contribution in [1.29, 1.82) is 0 Å². The summed E-state index contributed by atoms with van der Waals surface area (Å²) in [6.07, 6.45) is 2.63. The van der Waals surface area contributed by atoms with E-state index in [0.717, 1.165) is 11.3 Å². The molecule has 0 spiro atoms. The van der Waals surface area contributed by atoms with Gasteiger partial charge in [0.15, 0.2) is 5.76 Å². The predicted molar refractivity (Wildman–Crippen MR) is 134 cm³/mol. The van der Waals surface area contributed by atoms with Crippen molar-refractivity contribution in [3.63, 3.8) is 0 Å². The van der Waals surface area contributed by atoms with Gasteiger partial charge in [-0.05, 0) is 65.8 Å². The van der Waals surface area contributed by atoms with Gasteiger partial charge in [0.2, 0.25) is 0 Å². The Morgan fingerprint density at radius 3 is 2.36 bits per heavy atom. The van der Waals surface area contributed by atoms with Gasteiger partial charge < -0.3 is 14.1 Å². The second kappa shape index (κ2) is 10.7. The van der Waals surface area contributed by atoms with E-state index >= 15 is 0 Å². The number of carbonyl (C=O) groups is 3. The minimum Gasteiger partial charge on any atom is -0.489 e. The third-order valence-electron chi connectivity index (χ3n) is 6.19. The fourth-order valence-corrected chi connectivity index (χ4v) is 4.07. The van der Waals surface area contributed by atoms with Gasteiger partial charge >= 0.3 is 0 Å². The lowest BCUT2D eigenvalue weighted by atomic mass is 9.87. The molecule has 1 aliphatic heterocycles. The number of amides is 3. The number of benzene rings is 2. The van der Waals surface area contributed by atoms with E-state index in [0.29, 0.717) is 31.6 Å². The summed E-state index contributed by atoms with van der Waals surface area (Å²) in [6.45, 7) is 7.32. The number of furan rings is 1. The van der Waals surface area contributed by atoms with Gasteiger partial charge in [-0.25, -0.2) is 0 Å². The zero-order valence-electron chi connectivity index (χ0n) is 20.7. The molecule has 8 nitrogen and oxygen atoms in total. The van der Waals surface area contributed by atoms with Crippen LogP contribution < -0.4 is 15.6 Å². The standard InChI is InChI=1S/C28H31N3O5/c1-28(2,3)21-12-14-22(15-13-21)36-18-19-8-10-20(11-9-19)25(32)29-30-26(33)23-6-4-16-31(23)27(34)24-7-5-17-35-24/h5,7-15,17,23H,4,6,16,18H2,1-3H3,(H,29,32)(H,30,33). The molecule has 0 radical (unpaired) electrons. The van der Waals surface area contributed by atoms with Crippen LogP contribution in [0.15, 0.2) is 71.3 Å². The van der Waals surface area contributed by atoms with Gasteiger partial charge in [0.1, 0.15) is 18.4 Å². The van der Waals surface area contributed by atoms with Crippen LogP contribution in [0.4, 0.5) is 0 Å². The van der Waals surface area contributed by atoms with Gasteiger partial charge in [-0.15, -0.1) is 0 Å². The molecule has 8 heteroatoms. The molecule has 3 amide bonds. The molecule has 1 aromatic heterocycles. The van der Waals surface area contributed by atoms with E-state index in [1.807, 2.05) is 12.1 Å². The molecule has 2 N–H and O–H groups in total. The van der Waals surface area contributed by atoms with Gasteiger partial charge in [-0.1, -0.05) is 45.0 Å². The first-order valence-electron chi connectivity index (χ1n) is 12.0. The van der Waals surface area contributed by atoms with E-state index in [1.54, 1.807) is 36.4 Å².